The minimum atomic E-state index is -0.351. The molecule has 176 valence electrons. The second kappa shape index (κ2) is 13.3. The number of esters is 1. The maximum Gasteiger partial charge on any atom is 0.330 e. The molecule has 0 amide bonds. The topological polar surface area (TPSA) is 83.5 Å². The maximum absolute atomic E-state index is 11.2. The van der Waals surface area contributed by atoms with Gasteiger partial charge in [0, 0.05) is 38.2 Å². The monoisotopic (exact) mass is 438 g/mol. The summed E-state index contributed by atoms with van der Waals surface area (Å²) >= 11 is 0. The van der Waals surface area contributed by atoms with Crippen molar-refractivity contribution in [1.29, 1.82) is 0 Å². The van der Waals surface area contributed by atoms with E-state index < -0.39 is 0 Å². The highest BCUT2D eigenvalue weighted by molar-refractivity contribution is 5.81. The van der Waals surface area contributed by atoms with E-state index in [0.29, 0.717) is 6.42 Å². The quantitative estimate of drug-likeness (QED) is 0.317. The minimum Gasteiger partial charge on any atom is -0.466 e. The van der Waals surface area contributed by atoms with Crippen molar-refractivity contribution in [2.75, 3.05) is 26.9 Å². The molecule has 6 atom stereocenters. The standard InChI is InChI=1S/C24H38O7/c1-27-22(26)11-5-3-2-4-10-18-19(17-25)21(31-24-13-7-9-15-29-24)16-20(18)30-23-12-6-8-14-28-23/h2,4-5,11,18-21,23-25H,3,6-10,12-17H2,1H3/t18-,19-,20+,21-,23?,24?/m1/s1. The molecule has 1 saturated carbocycles. The Morgan fingerprint density at radius 2 is 1.58 bits per heavy atom. The maximum atomic E-state index is 11.2. The third-order valence-electron chi connectivity index (χ3n) is 6.41. The smallest absolute Gasteiger partial charge is 0.330 e. The summed E-state index contributed by atoms with van der Waals surface area (Å²) in [7, 11) is 1.37. The summed E-state index contributed by atoms with van der Waals surface area (Å²) in [4.78, 5) is 11.2. The van der Waals surface area contributed by atoms with E-state index in [2.05, 4.69) is 10.8 Å². The van der Waals surface area contributed by atoms with E-state index in [1.807, 2.05) is 6.08 Å². The Bertz CT molecular complexity index is 578. The predicted octanol–water partition coefficient (Wildman–Crippen LogP) is 3.50. The number of allylic oxidation sites excluding steroid dienone is 3. The molecule has 2 unspecified atom stereocenters. The van der Waals surface area contributed by atoms with Crippen LogP contribution in [0, 0.1) is 11.8 Å². The van der Waals surface area contributed by atoms with E-state index in [1.54, 1.807) is 6.08 Å². The molecule has 3 fully saturated rings. The molecule has 3 aliphatic rings. The molecule has 7 heteroatoms. The van der Waals surface area contributed by atoms with Crippen LogP contribution in [0.4, 0.5) is 0 Å². The van der Waals surface area contributed by atoms with Gasteiger partial charge in [0.15, 0.2) is 12.6 Å². The Hall–Kier alpha value is -1.25. The van der Waals surface area contributed by atoms with Crippen molar-refractivity contribution in [3.05, 3.63) is 24.3 Å². The van der Waals surface area contributed by atoms with Crippen molar-refractivity contribution in [1.82, 2.24) is 0 Å². The number of methoxy groups -OCH3 is 1. The lowest BCUT2D eigenvalue weighted by Crippen LogP contribution is -2.33. The number of hydrogen-bond donors (Lipinski definition) is 1. The first-order chi connectivity index (χ1) is 15.2. The fraction of sp³-hybridized carbons (Fsp3) is 0.792. The van der Waals surface area contributed by atoms with Crippen molar-refractivity contribution in [3.8, 4) is 0 Å². The molecule has 0 aromatic rings. The lowest BCUT2D eigenvalue weighted by molar-refractivity contribution is -0.204. The third kappa shape index (κ3) is 7.68. The molecule has 1 aliphatic carbocycles. The molecule has 31 heavy (non-hydrogen) atoms. The highest BCUT2D eigenvalue weighted by atomic mass is 16.7. The molecular weight excluding hydrogens is 400 g/mol. The number of carbonyl (C=O) groups is 1. The van der Waals surface area contributed by atoms with Crippen LogP contribution in [0.25, 0.3) is 0 Å². The Morgan fingerprint density at radius 1 is 0.935 bits per heavy atom. The van der Waals surface area contributed by atoms with Gasteiger partial charge in [0.1, 0.15) is 0 Å². The van der Waals surface area contributed by atoms with Crippen LogP contribution in [-0.2, 0) is 28.5 Å². The van der Waals surface area contributed by atoms with Gasteiger partial charge in [-0.25, -0.2) is 4.79 Å². The van der Waals surface area contributed by atoms with Gasteiger partial charge in [-0.1, -0.05) is 18.2 Å². The molecule has 0 aromatic carbocycles. The summed E-state index contributed by atoms with van der Waals surface area (Å²) in [5.41, 5.74) is 0. The Kier molecular flexibility index (Phi) is 10.5. The van der Waals surface area contributed by atoms with Gasteiger partial charge in [-0.3, -0.25) is 0 Å². The van der Waals surface area contributed by atoms with Crippen molar-refractivity contribution >= 4 is 5.97 Å². The lowest BCUT2D eigenvalue weighted by atomic mass is 9.91. The van der Waals surface area contributed by atoms with Gasteiger partial charge >= 0.3 is 5.97 Å². The van der Waals surface area contributed by atoms with E-state index in [0.717, 1.165) is 64.6 Å². The second-order valence-corrected chi connectivity index (χ2v) is 8.56. The number of ether oxygens (including phenoxy) is 5. The average molecular weight is 439 g/mol. The molecule has 0 bridgehead atoms. The molecule has 0 spiro atoms. The van der Waals surface area contributed by atoms with Crippen molar-refractivity contribution < 1.29 is 33.6 Å². The van der Waals surface area contributed by atoms with Gasteiger partial charge in [0.2, 0.25) is 0 Å². The molecule has 3 rings (SSSR count). The SMILES string of the molecule is COC(=O)C=CCC=CC[C@@H]1[C@@H](CO)[C@H](OC2CCCCO2)C[C@@H]1OC1CCCCO1. The molecule has 2 saturated heterocycles. The van der Waals surface area contributed by atoms with Crippen LogP contribution >= 0.6 is 0 Å². The zero-order chi connectivity index (χ0) is 21.9. The Balaban J connectivity index is 1.60. The molecule has 1 N–H and O–H groups in total. The zero-order valence-corrected chi connectivity index (χ0v) is 18.7. The van der Waals surface area contributed by atoms with Crippen molar-refractivity contribution in [2.45, 2.75) is 82.6 Å². The lowest BCUT2D eigenvalue weighted by Gasteiger charge is -2.30. The molecular formula is C24H38O7. The van der Waals surface area contributed by atoms with E-state index in [4.69, 9.17) is 18.9 Å². The van der Waals surface area contributed by atoms with Gasteiger partial charge in [0.05, 0.1) is 19.3 Å². The molecule has 0 radical (unpaired) electrons. The summed E-state index contributed by atoms with van der Waals surface area (Å²) in [6, 6.07) is 0. The number of hydrogen-bond acceptors (Lipinski definition) is 7. The van der Waals surface area contributed by atoms with Crippen LogP contribution in [0.3, 0.4) is 0 Å². The van der Waals surface area contributed by atoms with E-state index in [-0.39, 0.29) is 49.2 Å². The van der Waals surface area contributed by atoms with Crippen LogP contribution in [-0.4, -0.2) is 62.8 Å². The van der Waals surface area contributed by atoms with Crippen LogP contribution in [0.15, 0.2) is 24.3 Å². The Morgan fingerprint density at radius 3 is 2.13 bits per heavy atom. The molecule has 7 nitrogen and oxygen atoms in total. The van der Waals surface area contributed by atoms with Crippen LogP contribution in [0.1, 0.15) is 57.8 Å². The van der Waals surface area contributed by atoms with Crippen molar-refractivity contribution in [3.63, 3.8) is 0 Å². The first-order valence-electron chi connectivity index (χ1n) is 11.8. The predicted molar refractivity (Wildman–Crippen MR) is 115 cm³/mol. The fourth-order valence-corrected chi connectivity index (χ4v) is 4.71. The average Bonchev–Trinajstić information content (AvgIpc) is 3.12. The summed E-state index contributed by atoms with van der Waals surface area (Å²) in [5, 5.41) is 10.2. The molecule has 2 aliphatic heterocycles. The highest BCUT2D eigenvalue weighted by Gasteiger charge is 2.45. The number of rotatable bonds is 10. The molecule has 2 heterocycles. The van der Waals surface area contributed by atoms with Gasteiger partial charge in [-0.05, 0) is 57.3 Å². The van der Waals surface area contributed by atoms with Crippen LogP contribution in [0.2, 0.25) is 0 Å². The van der Waals surface area contributed by atoms with Gasteiger partial charge in [0.25, 0.3) is 0 Å². The second-order valence-electron chi connectivity index (χ2n) is 8.56. The van der Waals surface area contributed by atoms with Gasteiger partial charge < -0.3 is 28.8 Å². The van der Waals surface area contributed by atoms with Gasteiger partial charge in [-0.15, -0.1) is 0 Å². The number of aliphatic hydroxyl groups excluding tert-OH is 1. The summed E-state index contributed by atoms with van der Waals surface area (Å²) in [6.45, 7) is 1.54. The van der Waals surface area contributed by atoms with E-state index in [1.165, 1.54) is 13.2 Å². The third-order valence-corrected chi connectivity index (χ3v) is 6.41. The number of carbonyl (C=O) groups excluding carboxylic acids is 1. The van der Waals surface area contributed by atoms with Gasteiger partial charge in [-0.2, -0.15) is 0 Å². The highest BCUT2D eigenvalue weighted by Crippen LogP contribution is 2.41. The molecule has 0 aromatic heterocycles. The van der Waals surface area contributed by atoms with E-state index >= 15 is 0 Å². The van der Waals surface area contributed by atoms with Crippen molar-refractivity contribution in [2.24, 2.45) is 11.8 Å². The number of aliphatic hydroxyl groups is 1. The normalized spacial score (nSPS) is 34.5. The summed E-state index contributed by atoms with van der Waals surface area (Å²) in [5.74, 6) is -0.213. The summed E-state index contributed by atoms with van der Waals surface area (Å²) < 4.78 is 28.9. The zero-order valence-electron chi connectivity index (χ0n) is 18.7. The van der Waals surface area contributed by atoms with Crippen LogP contribution in [0.5, 0.6) is 0 Å². The fourth-order valence-electron chi connectivity index (χ4n) is 4.71. The largest absolute Gasteiger partial charge is 0.466 e. The Labute approximate surface area is 185 Å². The minimum absolute atomic E-state index is 0.00521. The summed E-state index contributed by atoms with van der Waals surface area (Å²) in [6.07, 6.45) is 15.3. The first kappa shape index (κ1) is 24.4. The van der Waals surface area contributed by atoms with E-state index in [9.17, 15) is 9.90 Å². The first-order valence-corrected chi connectivity index (χ1v) is 11.8. The van der Waals surface area contributed by atoms with Crippen LogP contribution < -0.4 is 0 Å².